The first-order valence-corrected chi connectivity index (χ1v) is 6.94. The van der Waals surface area contributed by atoms with Gasteiger partial charge in [0, 0.05) is 5.41 Å². The van der Waals surface area contributed by atoms with E-state index >= 15 is 0 Å². The Morgan fingerprint density at radius 3 is 2.06 bits per heavy atom. The van der Waals surface area contributed by atoms with Crippen LogP contribution < -0.4 is 0 Å². The van der Waals surface area contributed by atoms with E-state index in [9.17, 15) is 4.79 Å². The maximum Gasteiger partial charge on any atom is 0.320 e. The zero-order chi connectivity index (χ0) is 11.2. The van der Waals surface area contributed by atoms with Crippen LogP contribution in [0.2, 0.25) is 0 Å². The van der Waals surface area contributed by atoms with E-state index in [1.165, 1.54) is 38.5 Å². The number of carbonyl (C=O) groups excluding carboxylic acids is 1. The summed E-state index contributed by atoms with van der Waals surface area (Å²) in [6.07, 6.45) is 8.16. The van der Waals surface area contributed by atoms with Crippen molar-refractivity contribution < 1.29 is 9.53 Å². The number of ether oxygens (including phenoxy) is 1. The fourth-order valence-corrected chi connectivity index (χ4v) is 4.82. The monoisotopic (exact) mass is 242 g/mol. The number of rotatable bonds is 3. The number of alkyl halides is 1. The van der Waals surface area contributed by atoms with Crippen molar-refractivity contribution in [3.8, 4) is 0 Å². The Hall–Kier alpha value is -0.240. The molecule has 0 N–H and O–H groups in total. The maximum atomic E-state index is 11.2. The van der Waals surface area contributed by atoms with Gasteiger partial charge in [-0.2, -0.15) is 0 Å². The maximum absolute atomic E-state index is 11.2. The van der Waals surface area contributed by atoms with Gasteiger partial charge >= 0.3 is 5.97 Å². The zero-order valence-electron chi connectivity index (χ0n) is 9.58. The molecule has 90 valence electrons. The third kappa shape index (κ3) is 1.85. The van der Waals surface area contributed by atoms with Crippen molar-refractivity contribution in [3.63, 3.8) is 0 Å². The van der Waals surface area contributed by atoms with Crippen LogP contribution in [0.4, 0.5) is 0 Å². The molecule has 4 aliphatic rings. The second-order valence-electron chi connectivity index (χ2n) is 6.21. The first kappa shape index (κ1) is 10.9. The van der Waals surface area contributed by atoms with Crippen LogP contribution in [0.3, 0.4) is 0 Å². The number of esters is 1. The molecule has 16 heavy (non-hydrogen) atoms. The molecule has 0 saturated heterocycles. The molecule has 2 nitrogen and oxygen atoms in total. The summed E-state index contributed by atoms with van der Waals surface area (Å²) in [6, 6.07) is 0. The van der Waals surface area contributed by atoms with E-state index in [2.05, 4.69) is 0 Å². The highest BCUT2D eigenvalue weighted by Gasteiger charge is 2.51. The van der Waals surface area contributed by atoms with Crippen LogP contribution in [-0.4, -0.2) is 18.5 Å². The van der Waals surface area contributed by atoms with Gasteiger partial charge in [-0.25, -0.2) is 0 Å². The summed E-state index contributed by atoms with van der Waals surface area (Å²) < 4.78 is 5.31. The van der Waals surface area contributed by atoms with E-state index in [0.717, 1.165) is 17.8 Å². The predicted octanol–water partition coefficient (Wildman–Crippen LogP) is 2.98. The average Bonchev–Trinajstić information content (AvgIpc) is 2.24. The lowest BCUT2D eigenvalue weighted by Crippen LogP contribution is -2.48. The highest BCUT2D eigenvalue weighted by atomic mass is 35.5. The van der Waals surface area contributed by atoms with E-state index in [4.69, 9.17) is 16.3 Å². The summed E-state index contributed by atoms with van der Waals surface area (Å²) in [4.78, 5) is 11.2. The lowest BCUT2D eigenvalue weighted by Gasteiger charge is -2.56. The van der Waals surface area contributed by atoms with E-state index in [0.29, 0.717) is 12.0 Å². The van der Waals surface area contributed by atoms with Gasteiger partial charge in [0.05, 0.1) is 6.61 Å². The molecule has 0 aliphatic heterocycles. The van der Waals surface area contributed by atoms with Crippen LogP contribution in [0.25, 0.3) is 0 Å². The summed E-state index contributed by atoms with van der Waals surface area (Å²) in [6.45, 7) is 0.627. The first-order valence-electron chi connectivity index (χ1n) is 6.41. The molecule has 0 amide bonds. The second-order valence-corrected chi connectivity index (χ2v) is 6.48. The van der Waals surface area contributed by atoms with E-state index < -0.39 is 0 Å². The van der Waals surface area contributed by atoms with Crippen molar-refractivity contribution in [2.24, 2.45) is 23.2 Å². The highest BCUT2D eigenvalue weighted by Crippen LogP contribution is 2.59. The van der Waals surface area contributed by atoms with E-state index in [1.807, 2.05) is 0 Å². The zero-order valence-corrected chi connectivity index (χ0v) is 10.3. The number of hydrogen-bond donors (Lipinski definition) is 0. The summed E-state index contributed by atoms with van der Waals surface area (Å²) in [5.74, 6) is 2.49. The lowest BCUT2D eigenvalue weighted by molar-refractivity contribution is -0.152. The first-order chi connectivity index (χ1) is 7.69. The van der Waals surface area contributed by atoms with Crippen molar-refractivity contribution in [1.29, 1.82) is 0 Å². The average molecular weight is 243 g/mol. The normalized spacial score (nSPS) is 44.7. The largest absolute Gasteiger partial charge is 0.464 e. The molecule has 4 fully saturated rings. The summed E-state index contributed by atoms with van der Waals surface area (Å²) in [5.41, 5.74) is 0.330. The standard InChI is InChI=1S/C13H19ClO2/c14-7-12(15)16-8-13-4-9-1-10(5-13)3-11(2-9)6-13/h9-11H,1-8H2. The highest BCUT2D eigenvalue weighted by molar-refractivity contribution is 6.26. The molecular weight excluding hydrogens is 224 g/mol. The summed E-state index contributed by atoms with van der Waals surface area (Å²) in [5, 5.41) is 0. The topological polar surface area (TPSA) is 26.3 Å². The van der Waals surface area contributed by atoms with Gasteiger partial charge in [0.25, 0.3) is 0 Å². The van der Waals surface area contributed by atoms with Crippen molar-refractivity contribution in [3.05, 3.63) is 0 Å². The minimum Gasteiger partial charge on any atom is -0.464 e. The van der Waals surface area contributed by atoms with Crippen LogP contribution in [0, 0.1) is 23.2 Å². The van der Waals surface area contributed by atoms with Crippen LogP contribution in [0.1, 0.15) is 38.5 Å². The Morgan fingerprint density at radius 2 is 1.62 bits per heavy atom. The summed E-state index contributed by atoms with van der Waals surface area (Å²) >= 11 is 5.46. The Labute approximate surface area is 102 Å². The molecule has 4 bridgehead atoms. The summed E-state index contributed by atoms with van der Waals surface area (Å²) in [7, 11) is 0. The van der Waals surface area contributed by atoms with Crippen LogP contribution >= 0.6 is 11.6 Å². The molecule has 4 aliphatic carbocycles. The Kier molecular flexibility index (Phi) is 2.66. The Balaban J connectivity index is 1.67. The molecule has 0 aromatic rings. The molecule has 0 aromatic carbocycles. The molecule has 4 saturated carbocycles. The fraction of sp³-hybridized carbons (Fsp3) is 0.923. The molecule has 0 radical (unpaired) electrons. The smallest absolute Gasteiger partial charge is 0.320 e. The third-order valence-electron chi connectivity index (χ3n) is 4.81. The van der Waals surface area contributed by atoms with Gasteiger partial charge in [-0.05, 0) is 56.3 Å². The molecule has 0 spiro atoms. The molecular formula is C13H19ClO2. The predicted molar refractivity (Wildman–Crippen MR) is 62.3 cm³/mol. The van der Waals surface area contributed by atoms with Crippen LogP contribution in [0.15, 0.2) is 0 Å². The van der Waals surface area contributed by atoms with Gasteiger partial charge in [-0.1, -0.05) is 0 Å². The molecule has 3 heteroatoms. The second kappa shape index (κ2) is 3.90. The van der Waals surface area contributed by atoms with Gasteiger partial charge < -0.3 is 4.74 Å². The van der Waals surface area contributed by atoms with Gasteiger partial charge in [0.1, 0.15) is 5.88 Å². The van der Waals surface area contributed by atoms with Crippen molar-refractivity contribution in [1.82, 2.24) is 0 Å². The van der Waals surface area contributed by atoms with Crippen molar-refractivity contribution >= 4 is 17.6 Å². The molecule has 0 atom stereocenters. The number of hydrogen-bond acceptors (Lipinski definition) is 2. The third-order valence-corrected chi connectivity index (χ3v) is 5.03. The fourth-order valence-electron chi connectivity index (χ4n) is 4.74. The van der Waals surface area contributed by atoms with Crippen molar-refractivity contribution in [2.45, 2.75) is 38.5 Å². The molecule has 0 unspecified atom stereocenters. The van der Waals surface area contributed by atoms with Crippen LogP contribution in [0.5, 0.6) is 0 Å². The number of carbonyl (C=O) groups is 1. The lowest BCUT2D eigenvalue weighted by atomic mass is 9.50. The molecule has 4 rings (SSSR count). The van der Waals surface area contributed by atoms with Gasteiger partial charge in [-0.15, -0.1) is 11.6 Å². The SMILES string of the molecule is O=C(CCl)OCC12CC3CC(CC(C3)C1)C2. The van der Waals surface area contributed by atoms with Gasteiger partial charge in [0.2, 0.25) is 0 Å². The van der Waals surface area contributed by atoms with Crippen molar-refractivity contribution in [2.75, 3.05) is 12.5 Å². The Bertz CT molecular complexity index is 265. The van der Waals surface area contributed by atoms with Gasteiger partial charge in [0.15, 0.2) is 0 Å². The molecule has 0 aromatic heterocycles. The quantitative estimate of drug-likeness (QED) is 0.562. The minimum absolute atomic E-state index is 0.00757. The Morgan fingerprint density at radius 1 is 1.12 bits per heavy atom. The van der Waals surface area contributed by atoms with Gasteiger partial charge in [-0.3, -0.25) is 4.79 Å². The van der Waals surface area contributed by atoms with E-state index in [-0.39, 0.29) is 11.8 Å². The minimum atomic E-state index is -0.252. The molecule has 0 heterocycles. The van der Waals surface area contributed by atoms with E-state index in [1.54, 1.807) is 0 Å². The van der Waals surface area contributed by atoms with Crippen LogP contribution in [-0.2, 0) is 9.53 Å². The number of halogens is 1.